The van der Waals surface area contributed by atoms with Crippen molar-refractivity contribution in [3.05, 3.63) is 0 Å². The summed E-state index contributed by atoms with van der Waals surface area (Å²) in [5, 5.41) is 0. The van der Waals surface area contributed by atoms with Gasteiger partial charge in [-0.05, 0) is 27.7 Å². The number of hydrogen-bond acceptors (Lipinski definition) is 5. The minimum Gasteiger partial charge on any atom is -0.466 e. The van der Waals surface area contributed by atoms with Gasteiger partial charge in [0.05, 0.1) is 19.6 Å². The SMILES string of the molecule is CCOC(=O)CCN(C)C(=O)C(C)(C)C(=O)OCC. The first-order valence-corrected chi connectivity index (χ1v) is 6.35. The summed E-state index contributed by atoms with van der Waals surface area (Å²) >= 11 is 0. The van der Waals surface area contributed by atoms with Crippen molar-refractivity contribution in [1.82, 2.24) is 4.90 Å². The zero-order chi connectivity index (χ0) is 15.1. The zero-order valence-electron chi connectivity index (χ0n) is 12.3. The molecule has 0 aliphatic rings. The Morgan fingerprint density at radius 2 is 1.58 bits per heavy atom. The van der Waals surface area contributed by atoms with Crippen molar-refractivity contribution in [1.29, 1.82) is 0 Å². The summed E-state index contributed by atoms with van der Waals surface area (Å²) in [7, 11) is 1.54. The Morgan fingerprint density at radius 1 is 1.05 bits per heavy atom. The van der Waals surface area contributed by atoms with E-state index in [1.54, 1.807) is 20.9 Å². The third kappa shape index (κ3) is 5.28. The number of ether oxygens (including phenoxy) is 2. The number of carbonyl (C=O) groups is 3. The predicted molar refractivity (Wildman–Crippen MR) is 69.3 cm³/mol. The molecule has 0 rings (SSSR count). The molecule has 0 aromatic heterocycles. The van der Waals surface area contributed by atoms with Crippen molar-refractivity contribution in [3.63, 3.8) is 0 Å². The lowest BCUT2D eigenvalue weighted by molar-refractivity contribution is -0.162. The first-order chi connectivity index (χ1) is 8.77. The molecule has 0 saturated heterocycles. The Kier molecular flexibility index (Phi) is 7.11. The van der Waals surface area contributed by atoms with Gasteiger partial charge in [-0.25, -0.2) is 0 Å². The second-order valence-electron chi connectivity index (χ2n) is 4.63. The summed E-state index contributed by atoms with van der Waals surface area (Å²) in [6.07, 6.45) is 0.106. The molecule has 0 aromatic rings. The Labute approximate surface area is 114 Å². The molecule has 1 amide bonds. The third-order valence-corrected chi connectivity index (χ3v) is 2.62. The number of rotatable bonds is 7. The lowest BCUT2D eigenvalue weighted by Gasteiger charge is -2.27. The van der Waals surface area contributed by atoms with Gasteiger partial charge in [0, 0.05) is 13.6 Å². The van der Waals surface area contributed by atoms with Crippen LogP contribution in [-0.4, -0.2) is 49.6 Å². The van der Waals surface area contributed by atoms with Gasteiger partial charge in [-0.1, -0.05) is 0 Å². The molecule has 0 atom stereocenters. The highest BCUT2D eigenvalue weighted by Gasteiger charge is 2.39. The van der Waals surface area contributed by atoms with Gasteiger partial charge in [-0.15, -0.1) is 0 Å². The fourth-order valence-corrected chi connectivity index (χ4v) is 1.47. The summed E-state index contributed by atoms with van der Waals surface area (Å²) in [4.78, 5) is 36.4. The molecule has 6 heteroatoms. The lowest BCUT2D eigenvalue weighted by atomic mass is 9.92. The summed E-state index contributed by atoms with van der Waals surface area (Å²) in [5.41, 5.74) is -1.25. The zero-order valence-corrected chi connectivity index (χ0v) is 12.3. The molecule has 0 saturated carbocycles. The monoisotopic (exact) mass is 273 g/mol. The van der Waals surface area contributed by atoms with Crippen molar-refractivity contribution < 1.29 is 23.9 Å². The molecule has 110 valence electrons. The van der Waals surface area contributed by atoms with Crippen LogP contribution in [0.2, 0.25) is 0 Å². The second kappa shape index (κ2) is 7.76. The highest BCUT2D eigenvalue weighted by atomic mass is 16.5. The highest BCUT2D eigenvalue weighted by molar-refractivity contribution is 6.01. The third-order valence-electron chi connectivity index (χ3n) is 2.62. The van der Waals surface area contributed by atoms with Crippen LogP contribution in [0.15, 0.2) is 0 Å². The number of amides is 1. The van der Waals surface area contributed by atoms with E-state index in [-0.39, 0.29) is 31.4 Å². The van der Waals surface area contributed by atoms with Crippen LogP contribution < -0.4 is 0 Å². The topological polar surface area (TPSA) is 72.9 Å². The molecule has 0 heterocycles. The Bertz CT molecular complexity index is 338. The van der Waals surface area contributed by atoms with Gasteiger partial charge in [0.25, 0.3) is 0 Å². The van der Waals surface area contributed by atoms with Gasteiger partial charge in [0.1, 0.15) is 5.41 Å². The molecule has 0 bridgehead atoms. The molecule has 0 radical (unpaired) electrons. The van der Waals surface area contributed by atoms with E-state index in [9.17, 15) is 14.4 Å². The first-order valence-electron chi connectivity index (χ1n) is 6.35. The molecular weight excluding hydrogens is 250 g/mol. The first kappa shape index (κ1) is 17.4. The normalized spacial score (nSPS) is 10.8. The average Bonchev–Trinajstić information content (AvgIpc) is 2.35. The maximum atomic E-state index is 12.1. The summed E-state index contributed by atoms with van der Waals surface area (Å²) in [6, 6.07) is 0. The van der Waals surface area contributed by atoms with Gasteiger partial charge in [-0.3, -0.25) is 14.4 Å². The Morgan fingerprint density at radius 3 is 2.05 bits per heavy atom. The molecule has 0 unspecified atom stereocenters. The van der Waals surface area contributed by atoms with E-state index >= 15 is 0 Å². The minimum atomic E-state index is -1.25. The van der Waals surface area contributed by atoms with Gasteiger partial charge in [-0.2, -0.15) is 0 Å². The predicted octanol–water partition coefficient (Wildman–Crippen LogP) is 0.987. The summed E-state index contributed by atoms with van der Waals surface area (Å²) in [5.74, 6) is -1.31. The van der Waals surface area contributed by atoms with Crippen molar-refractivity contribution in [3.8, 4) is 0 Å². The summed E-state index contributed by atoms with van der Waals surface area (Å²) < 4.78 is 9.64. The van der Waals surface area contributed by atoms with Gasteiger partial charge >= 0.3 is 11.9 Å². The molecule has 0 spiro atoms. The second-order valence-corrected chi connectivity index (χ2v) is 4.63. The maximum Gasteiger partial charge on any atom is 0.321 e. The molecule has 6 nitrogen and oxygen atoms in total. The van der Waals surface area contributed by atoms with Gasteiger partial charge in [0.2, 0.25) is 5.91 Å². The van der Waals surface area contributed by atoms with E-state index in [1.165, 1.54) is 18.7 Å². The average molecular weight is 273 g/mol. The molecule has 0 N–H and O–H groups in total. The van der Waals surface area contributed by atoms with E-state index in [2.05, 4.69) is 0 Å². The van der Waals surface area contributed by atoms with Crippen LogP contribution in [0.1, 0.15) is 34.1 Å². The highest BCUT2D eigenvalue weighted by Crippen LogP contribution is 2.20. The molecule has 0 aliphatic carbocycles. The summed E-state index contributed by atoms with van der Waals surface area (Å²) in [6.45, 7) is 7.16. The molecule has 0 aromatic carbocycles. The molecular formula is C13H23NO5. The smallest absolute Gasteiger partial charge is 0.321 e. The van der Waals surface area contributed by atoms with E-state index < -0.39 is 11.4 Å². The Hall–Kier alpha value is -1.59. The maximum absolute atomic E-state index is 12.1. The Balaban J connectivity index is 4.46. The van der Waals surface area contributed by atoms with Crippen molar-refractivity contribution >= 4 is 17.8 Å². The van der Waals surface area contributed by atoms with Gasteiger partial charge in [0.15, 0.2) is 0 Å². The van der Waals surface area contributed by atoms with E-state index in [1.807, 2.05) is 0 Å². The fraction of sp³-hybridized carbons (Fsp3) is 0.769. The van der Waals surface area contributed by atoms with E-state index in [0.29, 0.717) is 6.61 Å². The number of nitrogens with zero attached hydrogens (tertiary/aromatic N) is 1. The molecule has 0 aliphatic heterocycles. The minimum absolute atomic E-state index is 0.106. The van der Waals surface area contributed by atoms with Crippen LogP contribution in [0.4, 0.5) is 0 Å². The van der Waals surface area contributed by atoms with E-state index in [4.69, 9.17) is 9.47 Å². The van der Waals surface area contributed by atoms with Crippen LogP contribution in [0.3, 0.4) is 0 Å². The fourth-order valence-electron chi connectivity index (χ4n) is 1.47. The van der Waals surface area contributed by atoms with Crippen LogP contribution in [-0.2, 0) is 23.9 Å². The number of hydrogen-bond donors (Lipinski definition) is 0. The van der Waals surface area contributed by atoms with Crippen LogP contribution >= 0.6 is 0 Å². The van der Waals surface area contributed by atoms with Crippen LogP contribution in [0.5, 0.6) is 0 Å². The van der Waals surface area contributed by atoms with E-state index in [0.717, 1.165) is 0 Å². The number of esters is 2. The van der Waals surface area contributed by atoms with Crippen molar-refractivity contribution in [2.24, 2.45) is 5.41 Å². The van der Waals surface area contributed by atoms with Crippen molar-refractivity contribution in [2.45, 2.75) is 34.1 Å². The van der Waals surface area contributed by atoms with Crippen LogP contribution in [0.25, 0.3) is 0 Å². The quantitative estimate of drug-likeness (QED) is 0.511. The van der Waals surface area contributed by atoms with Crippen molar-refractivity contribution in [2.75, 3.05) is 26.8 Å². The van der Waals surface area contributed by atoms with Crippen LogP contribution in [0, 0.1) is 5.41 Å². The molecule has 19 heavy (non-hydrogen) atoms. The lowest BCUT2D eigenvalue weighted by Crippen LogP contribution is -2.44. The standard InChI is InChI=1S/C13H23NO5/c1-6-18-10(15)8-9-14(5)11(16)13(3,4)12(17)19-7-2/h6-9H2,1-5H3. The van der Waals surface area contributed by atoms with Gasteiger partial charge < -0.3 is 14.4 Å². The molecule has 0 fully saturated rings. The largest absolute Gasteiger partial charge is 0.466 e. The number of carbonyl (C=O) groups excluding carboxylic acids is 3.